The van der Waals surface area contributed by atoms with Gasteiger partial charge < -0.3 is 0 Å². The lowest BCUT2D eigenvalue weighted by atomic mass is 10.2. The van der Waals surface area contributed by atoms with Gasteiger partial charge in [0.05, 0.1) is 0 Å². The lowest BCUT2D eigenvalue weighted by Gasteiger charge is -2.17. The molecule has 0 radical (unpaired) electrons. The second-order valence-electron chi connectivity index (χ2n) is 5.04. The van der Waals surface area contributed by atoms with Crippen LogP contribution in [0, 0.1) is 13.8 Å². The van der Waals surface area contributed by atoms with Crippen LogP contribution in [0.4, 0.5) is 0 Å². The molecular formula is C16H16I2O2S. The molecule has 2 aromatic rings. The highest BCUT2D eigenvalue weighted by Gasteiger charge is 2.32. The zero-order valence-corrected chi connectivity index (χ0v) is 16.9. The average molecular weight is 526 g/mol. The number of aryl methyl sites for hydroxylation is 2. The Bertz CT molecular complexity index is 649. The van der Waals surface area contributed by atoms with Crippen molar-refractivity contribution in [3.05, 3.63) is 70.8 Å². The Labute approximate surface area is 153 Å². The number of sulfone groups is 1. The first-order valence-corrected chi connectivity index (χ1v) is 10.6. The Kier molecular flexibility index (Phi) is 5.70. The van der Waals surface area contributed by atoms with Crippen molar-refractivity contribution in [2.45, 2.75) is 20.4 Å². The Morgan fingerprint density at radius 3 is 1.29 bits per heavy atom. The monoisotopic (exact) mass is 526 g/mol. The van der Waals surface area contributed by atoms with E-state index in [0.717, 1.165) is 22.3 Å². The molecule has 0 N–H and O–H groups in total. The molecule has 2 aromatic carbocycles. The topological polar surface area (TPSA) is 34.1 Å². The minimum Gasteiger partial charge on any atom is -0.226 e. The molecule has 2 nitrogen and oxygen atoms in total. The van der Waals surface area contributed by atoms with Gasteiger partial charge in [0.15, 0.2) is 9.84 Å². The van der Waals surface area contributed by atoms with E-state index in [9.17, 15) is 8.42 Å². The standard InChI is InChI=1S/C16H16I2O2S/c1-11-3-7-13(8-4-11)15(17)21(19,20)16(18)14-9-5-12(2)6-10-14/h3-10,15-16H,1-2H3. The largest absolute Gasteiger partial charge is 0.226 e. The van der Waals surface area contributed by atoms with Crippen LogP contribution in [0.1, 0.15) is 28.8 Å². The summed E-state index contributed by atoms with van der Waals surface area (Å²) < 4.78 is 24.5. The van der Waals surface area contributed by atoms with E-state index in [-0.39, 0.29) is 0 Å². The summed E-state index contributed by atoms with van der Waals surface area (Å²) in [6.45, 7) is 3.99. The fraction of sp³-hybridized carbons (Fsp3) is 0.250. The summed E-state index contributed by atoms with van der Waals surface area (Å²) in [6, 6.07) is 15.4. The van der Waals surface area contributed by atoms with Gasteiger partial charge in [-0.05, 0) is 25.0 Å². The lowest BCUT2D eigenvalue weighted by molar-refractivity contribution is 0.595. The summed E-state index contributed by atoms with van der Waals surface area (Å²) in [7, 11) is -3.30. The Morgan fingerprint density at radius 1 is 0.714 bits per heavy atom. The molecule has 5 heteroatoms. The predicted octanol–water partition coefficient (Wildman–Crippen LogP) is 5.29. The molecule has 0 aliphatic rings. The van der Waals surface area contributed by atoms with Crippen LogP contribution in [-0.4, -0.2) is 8.42 Å². The van der Waals surface area contributed by atoms with Gasteiger partial charge in [-0.15, -0.1) is 0 Å². The minimum absolute atomic E-state index is 0.543. The number of hydrogen-bond acceptors (Lipinski definition) is 2. The molecule has 0 aromatic heterocycles. The van der Waals surface area contributed by atoms with Crippen molar-refractivity contribution in [2.75, 3.05) is 0 Å². The second kappa shape index (κ2) is 6.95. The molecule has 2 atom stereocenters. The Morgan fingerprint density at radius 2 is 1.00 bits per heavy atom. The third-order valence-electron chi connectivity index (χ3n) is 3.26. The van der Waals surface area contributed by atoms with Gasteiger partial charge in [-0.25, -0.2) is 8.42 Å². The number of halogens is 2. The van der Waals surface area contributed by atoms with Gasteiger partial charge in [0.1, 0.15) is 6.51 Å². The maximum atomic E-state index is 12.8. The van der Waals surface area contributed by atoms with Crippen LogP contribution in [0.3, 0.4) is 0 Å². The third-order valence-corrected chi connectivity index (χ3v) is 10.6. The van der Waals surface area contributed by atoms with Gasteiger partial charge in [0.25, 0.3) is 0 Å². The highest BCUT2D eigenvalue weighted by molar-refractivity contribution is 14.1. The van der Waals surface area contributed by atoms with E-state index < -0.39 is 16.4 Å². The Hall–Kier alpha value is -0.150. The molecule has 0 bridgehead atoms. The first kappa shape index (κ1) is 17.2. The van der Waals surface area contributed by atoms with E-state index in [1.165, 1.54) is 0 Å². The fourth-order valence-electron chi connectivity index (χ4n) is 1.92. The van der Waals surface area contributed by atoms with Crippen LogP contribution in [-0.2, 0) is 9.84 Å². The van der Waals surface area contributed by atoms with Crippen molar-refractivity contribution in [2.24, 2.45) is 0 Å². The SMILES string of the molecule is Cc1ccc(C(I)S(=O)(=O)C(I)c2ccc(C)cc2)cc1. The predicted molar refractivity (Wildman–Crippen MR) is 105 cm³/mol. The molecule has 21 heavy (non-hydrogen) atoms. The maximum absolute atomic E-state index is 12.8. The number of alkyl halides is 2. The highest BCUT2D eigenvalue weighted by Crippen LogP contribution is 2.42. The molecule has 0 heterocycles. The van der Waals surface area contributed by atoms with E-state index in [0.29, 0.717) is 0 Å². The van der Waals surface area contributed by atoms with Crippen molar-refractivity contribution in [3.63, 3.8) is 0 Å². The second-order valence-corrected chi connectivity index (χ2v) is 11.3. The fourth-order valence-corrected chi connectivity index (χ4v) is 7.48. The van der Waals surface area contributed by atoms with Gasteiger partial charge in [0.2, 0.25) is 0 Å². The molecule has 0 saturated heterocycles. The molecule has 0 fully saturated rings. The average Bonchev–Trinajstić information content (AvgIpc) is 2.47. The zero-order valence-electron chi connectivity index (χ0n) is 11.8. The van der Waals surface area contributed by atoms with E-state index in [1.54, 1.807) is 0 Å². The van der Waals surface area contributed by atoms with Gasteiger partial charge in [-0.2, -0.15) is 0 Å². The van der Waals surface area contributed by atoms with Crippen molar-refractivity contribution in [1.29, 1.82) is 0 Å². The van der Waals surface area contributed by atoms with Crippen molar-refractivity contribution in [1.82, 2.24) is 0 Å². The van der Waals surface area contributed by atoms with Crippen LogP contribution in [0.25, 0.3) is 0 Å². The van der Waals surface area contributed by atoms with E-state index in [1.807, 2.05) is 108 Å². The number of hydrogen-bond donors (Lipinski definition) is 0. The maximum Gasteiger partial charge on any atom is 0.182 e. The smallest absolute Gasteiger partial charge is 0.182 e. The third kappa shape index (κ3) is 3.98. The summed E-state index contributed by atoms with van der Waals surface area (Å²) in [5, 5.41) is 0. The Balaban J connectivity index is 2.32. The number of benzene rings is 2. The highest BCUT2D eigenvalue weighted by atomic mass is 127. The van der Waals surface area contributed by atoms with Gasteiger partial charge in [-0.3, -0.25) is 0 Å². The summed E-state index contributed by atoms with van der Waals surface area (Å²) in [5.41, 5.74) is 3.92. The van der Waals surface area contributed by atoms with Crippen LogP contribution >= 0.6 is 45.2 Å². The van der Waals surface area contributed by atoms with E-state index in [4.69, 9.17) is 0 Å². The van der Waals surface area contributed by atoms with Crippen LogP contribution < -0.4 is 0 Å². The molecule has 112 valence electrons. The van der Waals surface area contributed by atoms with E-state index >= 15 is 0 Å². The molecule has 0 aliphatic heterocycles. The lowest BCUT2D eigenvalue weighted by Crippen LogP contribution is -2.13. The van der Waals surface area contributed by atoms with Gasteiger partial charge >= 0.3 is 0 Å². The van der Waals surface area contributed by atoms with Crippen molar-refractivity contribution in [3.8, 4) is 0 Å². The first-order chi connectivity index (χ1) is 9.82. The summed E-state index contributed by atoms with van der Waals surface area (Å²) in [6.07, 6.45) is 0. The number of rotatable bonds is 4. The quantitative estimate of drug-likeness (QED) is 0.402. The van der Waals surface area contributed by atoms with Gasteiger partial charge in [-0.1, -0.05) is 105 Å². The van der Waals surface area contributed by atoms with Crippen molar-refractivity contribution < 1.29 is 8.42 Å². The zero-order chi connectivity index (χ0) is 15.6. The molecule has 0 amide bonds. The van der Waals surface area contributed by atoms with Gasteiger partial charge in [0, 0.05) is 0 Å². The van der Waals surface area contributed by atoms with E-state index in [2.05, 4.69) is 0 Å². The summed E-state index contributed by atoms with van der Waals surface area (Å²) in [4.78, 5) is 0. The van der Waals surface area contributed by atoms with Crippen LogP contribution in [0.15, 0.2) is 48.5 Å². The molecule has 0 spiro atoms. The normalized spacial score (nSPS) is 14.7. The molecule has 0 aliphatic carbocycles. The molecule has 0 saturated carbocycles. The van der Waals surface area contributed by atoms with Crippen LogP contribution in [0.2, 0.25) is 0 Å². The molecule has 2 unspecified atom stereocenters. The van der Waals surface area contributed by atoms with Crippen molar-refractivity contribution >= 4 is 55.0 Å². The minimum atomic E-state index is -3.30. The molecule has 2 rings (SSSR count). The van der Waals surface area contributed by atoms with Crippen LogP contribution in [0.5, 0.6) is 0 Å². The summed E-state index contributed by atoms with van der Waals surface area (Å²) in [5.74, 6) is 0. The molecular weight excluding hydrogens is 510 g/mol. The first-order valence-electron chi connectivity index (χ1n) is 6.46. The summed E-state index contributed by atoms with van der Waals surface area (Å²) >= 11 is 4.04.